The zero-order chi connectivity index (χ0) is 14.4. The van der Waals surface area contributed by atoms with E-state index in [1.165, 1.54) is 37.7 Å². The highest BCUT2D eigenvalue weighted by atomic mass is 32.2. The Hall–Kier alpha value is -0.540. The zero-order valence-electron chi connectivity index (χ0n) is 12.6. The number of hydrogen-bond donors (Lipinski definition) is 1. The highest BCUT2D eigenvalue weighted by Crippen LogP contribution is 2.38. The van der Waals surface area contributed by atoms with Crippen molar-refractivity contribution in [2.24, 2.45) is 0 Å². The smallest absolute Gasteiger partial charge is 0.123 e. The van der Waals surface area contributed by atoms with Gasteiger partial charge in [0.15, 0.2) is 0 Å². The summed E-state index contributed by atoms with van der Waals surface area (Å²) in [7, 11) is 0. The maximum atomic E-state index is 13.0. The summed E-state index contributed by atoms with van der Waals surface area (Å²) in [5.74, 6) is -0.156. The second-order valence-corrected chi connectivity index (χ2v) is 7.12. The van der Waals surface area contributed by atoms with E-state index in [2.05, 4.69) is 18.5 Å². The van der Waals surface area contributed by atoms with E-state index >= 15 is 0 Å². The van der Waals surface area contributed by atoms with E-state index in [1.807, 2.05) is 23.9 Å². The van der Waals surface area contributed by atoms with E-state index in [4.69, 9.17) is 0 Å². The van der Waals surface area contributed by atoms with Gasteiger partial charge in [-0.3, -0.25) is 0 Å². The SMILES string of the molecule is CCC(NCC1(SC)CCCCC1)c1ccc(F)cc1. The highest BCUT2D eigenvalue weighted by molar-refractivity contribution is 8.00. The number of halogens is 1. The van der Waals surface area contributed by atoms with E-state index in [1.54, 1.807) is 12.1 Å². The number of thioether (sulfide) groups is 1. The van der Waals surface area contributed by atoms with Crippen LogP contribution in [-0.2, 0) is 0 Å². The molecule has 0 saturated heterocycles. The van der Waals surface area contributed by atoms with Crippen molar-refractivity contribution in [3.63, 3.8) is 0 Å². The number of nitrogens with one attached hydrogen (secondary N) is 1. The molecule has 1 unspecified atom stereocenters. The molecule has 1 N–H and O–H groups in total. The van der Waals surface area contributed by atoms with Crippen LogP contribution >= 0.6 is 11.8 Å². The molecule has 0 heterocycles. The normalized spacial score (nSPS) is 19.8. The van der Waals surface area contributed by atoms with Gasteiger partial charge in [-0.1, -0.05) is 38.3 Å². The van der Waals surface area contributed by atoms with Crippen LogP contribution in [0, 0.1) is 5.82 Å². The van der Waals surface area contributed by atoms with Crippen LogP contribution in [0.3, 0.4) is 0 Å². The quantitative estimate of drug-likeness (QED) is 0.798. The largest absolute Gasteiger partial charge is 0.309 e. The molecule has 1 aliphatic rings. The van der Waals surface area contributed by atoms with Crippen molar-refractivity contribution >= 4 is 11.8 Å². The van der Waals surface area contributed by atoms with Crippen molar-refractivity contribution in [1.82, 2.24) is 5.32 Å². The van der Waals surface area contributed by atoms with E-state index in [9.17, 15) is 4.39 Å². The summed E-state index contributed by atoms with van der Waals surface area (Å²) in [6.07, 6.45) is 10.0. The van der Waals surface area contributed by atoms with Crippen LogP contribution < -0.4 is 5.32 Å². The van der Waals surface area contributed by atoms with Crippen LogP contribution in [0.15, 0.2) is 24.3 Å². The van der Waals surface area contributed by atoms with Gasteiger partial charge >= 0.3 is 0 Å². The van der Waals surface area contributed by atoms with E-state index < -0.39 is 0 Å². The molecule has 112 valence electrons. The molecule has 1 nitrogen and oxygen atoms in total. The fraction of sp³-hybridized carbons (Fsp3) is 0.647. The molecule has 0 bridgehead atoms. The second-order valence-electron chi connectivity index (χ2n) is 5.84. The van der Waals surface area contributed by atoms with Gasteiger partial charge in [0.1, 0.15) is 5.82 Å². The topological polar surface area (TPSA) is 12.0 Å². The first-order chi connectivity index (χ1) is 9.69. The third-order valence-electron chi connectivity index (χ3n) is 4.55. The monoisotopic (exact) mass is 295 g/mol. The first kappa shape index (κ1) is 15.8. The first-order valence-electron chi connectivity index (χ1n) is 7.73. The van der Waals surface area contributed by atoms with Gasteiger partial charge in [0.2, 0.25) is 0 Å². The van der Waals surface area contributed by atoms with Crippen LogP contribution in [0.2, 0.25) is 0 Å². The van der Waals surface area contributed by atoms with Crippen molar-refractivity contribution in [2.75, 3.05) is 12.8 Å². The molecule has 1 aliphatic carbocycles. The minimum atomic E-state index is -0.156. The summed E-state index contributed by atoms with van der Waals surface area (Å²) < 4.78 is 13.4. The standard InChI is InChI=1S/C17H26FNS/c1-3-16(14-7-9-15(18)10-8-14)19-13-17(20-2)11-5-4-6-12-17/h7-10,16,19H,3-6,11-13H2,1-2H3. The number of hydrogen-bond acceptors (Lipinski definition) is 2. The number of rotatable bonds is 6. The lowest BCUT2D eigenvalue weighted by molar-refractivity contribution is 0.360. The summed E-state index contributed by atoms with van der Waals surface area (Å²) in [6, 6.07) is 7.27. The van der Waals surface area contributed by atoms with Crippen LogP contribution in [0.4, 0.5) is 4.39 Å². The van der Waals surface area contributed by atoms with E-state index in [0.29, 0.717) is 10.8 Å². The van der Waals surface area contributed by atoms with E-state index in [-0.39, 0.29) is 5.82 Å². The fourth-order valence-corrected chi connectivity index (χ4v) is 4.08. The molecule has 0 amide bonds. The Bertz CT molecular complexity index is 398. The molecule has 0 aliphatic heterocycles. The molecular formula is C17H26FNS. The van der Waals surface area contributed by atoms with Crippen molar-refractivity contribution in [3.05, 3.63) is 35.6 Å². The van der Waals surface area contributed by atoms with Crippen molar-refractivity contribution in [2.45, 2.75) is 56.2 Å². The molecule has 0 aromatic heterocycles. The van der Waals surface area contributed by atoms with Crippen molar-refractivity contribution in [1.29, 1.82) is 0 Å². The molecule has 0 radical (unpaired) electrons. The Morgan fingerprint density at radius 1 is 1.20 bits per heavy atom. The Morgan fingerprint density at radius 2 is 1.85 bits per heavy atom. The lowest BCUT2D eigenvalue weighted by Gasteiger charge is -2.37. The lowest BCUT2D eigenvalue weighted by Crippen LogP contribution is -2.40. The average Bonchev–Trinajstić information content (AvgIpc) is 2.50. The predicted molar refractivity (Wildman–Crippen MR) is 86.8 cm³/mol. The summed E-state index contributed by atoms with van der Waals surface area (Å²) >= 11 is 2.02. The van der Waals surface area contributed by atoms with Gasteiger partial charge in [0.05, 0.1) is 0 Å². The van der Waals surface area contributed by atoms with Gasteiger partial charge < -0.3 is 5.32 Å². The maximum Gasteiger partial charge on any atom is 0.123 e. The molecule has 1 aromatic carbocycles. The van der Waals surface area contributed by atoms with Gasteiger partial charge in [0, 0.05) is 17.3 Å². The minimum absolute atomic E-state index is 0.156. The molecular weight excluding hydrogens is 269 g/mol. The zero-order valence-corrected chi connectivity index (χ0v) is 13.4. The Kier molecular flexibility index (Phi) is 5.91. The Morgan fingerprint density at radius 3 is 2.40 bits per heavy atom. The van der Waals surface area contributed by atoms with Gasteiger partial charge in [-0.25, -0.2) is 4.39 Å². The minimum Gasteiger partial charge on any atom is -0.309 e. The maximum absolute atomic E-state index is 13.0. The molecule has 20 heavy (non-hydrogen) atoms. The first-order valence-corrected chi connectivity index (χ1v) is 8.95. The van der Waals surface area contributed by atoms with E-state index in [0.717, 1.165) is 13.0 Å². The number of benzene rings is 1. The Balaban J connectivity index is 1.97. The molecule has 1 fully saturated rings. The van der Waals surface area contributed by atoms with Crippen LogP contribution in [0.5, 0.6) is 0 Å². The molecule has 1 atom stereocenters. The molecule has 3 heteroatoms. The average molecular weight is 295 g/mol. The summed E-state index contributed by atoms with van der Waals surface area (Å²) in [4.78, 5) is 0. The fourth-order valence-electron chi connectivity index (χ4n) is 3.15. The third-order valence-corrected chi connectivity index (χ3v) is 5.97. The Labute approximate surface area is 126 Å². The van der Waals surface area contributed by atoms with Crippen molar-refractivity contribution < 1.29 is 4.39 Å². The van der Waals surface area contributed by atoms with Gasteiger partial charge in [-0.15, -0.1) is 0 Å². The molecule has 2 rings (SSSR count). The van der Waals surface area contributed by atoms with Gasteiger partial charge in [0.25, 0.3) is 0 Å². The van der Waals surface area contributed by atoms with Crippen LogP contribution in [0.1, 0.15) is 57.1 Å². The van der Waals surface area contributed by atoms with Crippen molar-refractivity contribution in [3.8, 4) is 0 Å². The third kappa shape index (κ3) is 3.98. The van der Waals surface area contributed by atoms with Crippen LogP contribution in [0.25, 0.3) is 0 Å². The molecule has 1 saturated carbocycles. The van der Waals surface area contributed by atoms with Gasteiger partial charge in [-0.2, -0.15) is 11.8 Å². The van der Waals surface area contributed by atoms with Gasteiger partial charge in [-0.05, 0) is 43.2 Å². The second kappa shape index (κ2) is 7.46. The summed E-state index contributed by atoms with van der Waals surface area (Å²) in [6.45, 7) is 3.25. The molecule has 0 spiro atoms. The highest BCUT2D eigenvalue weighted by Gasteiger charge is 2.31. The lowest BCUT2D eigenvalue weighted by atomic mass is 9.87. The molecule has 1 aromatic rings. The summed E-state index contributed by atoms with van der Waals surface area (Å²) in [5, 5.41) is 3.72. The summed E-state index contributed by atoms with van der Waals surface area (Å²) in [5.41, 5.74) is 1.20. The predicted octanol–water partition coefficient (Wildman–Crippen LogP) is 4.93. The van der Waals surface area contributed by atoms with Crippen LogP contribution in [-0.4, -0.2) is 17.5 Å².